The SMILES string of the molecule is CN(CC1CCCN1)c1ncc(F)cc1F. The molecule has 0 amide bonds. The van der Waals surface area contributed by atoms with Gasteiger partial charge >= 0.3 is 0 Å². The fourth-order valence-corrected chi connectivity index (χ4v) is 2.02. The molecule has 1 fully saturated rings. The quantitative estimate of drug-likeness (QED) is 0.849. The summed E-state index contributed by atoms with van der Waals surface area (Å²) in [6, 6.07) is 1.23. The van der Waals surface area contributed by atoms with Gasteiger partial charge in [-0.15, -0.1) is 0 Å². The highest BCUT2D eigenvalue weighted by atomic mass is 19.1. The van der Waals surface area contributed by atoms with E-state index in [2.05, 4.69) is 10.3 Å². The number of likely N-dealkylation sites (N-methyl/N-ethyl adjacent to an activating group) is 1. The minimum absolute atomic E-state index is 0.204. The molecule has 1 atom stereocenters. The number of nitrogens with one attached hydrogen (secondary N) is 1. The van der Waals surface area contributed by atoms with Crippen LogP contribution in [-0.4, -0.2) is 31.2 Å². The molecule has 5 heteroatoms. The molecule has 3 nitrogen and oxygen atoms in total. The molecule has 0 radical (unpaired) electrons. The average molecular weight is 227 g/mol. The molecule has 0 aliphatic carbocycles. The van der Waals surface area contributed by atoms with Gasteiger partial charge in [-0.1, -0.05) is 0 Å². The van der Waals surface area contributed by atoms with Crippen LogP contribution in [0.1, 0.15) is 12.8 Å². The first-order valence-corrected chi connectivity index (χ1v) is 5.42. The van der Waals surface area contributed by atoms with Crippen molar-refractivity contribution in [2.24, 2.45) is 0 Å². The van der Waals surface area contributed by atoms with E-state index in [1.54, 1.807) is 11.9 Å². The number of hydrogen-bond donors (Lipinski definition) is 1. The fraction of sp³-hybridized carbons (Fsp3) is 0.545. The molecule has 2 rings (SSSR count). The lowest BCUT2D eigenvalue weighted by Crippen LogP contribution is -2.36. The molecular formula is C11H15F2N3. The highest BCUT2D eigenvalue weighted by Gasteiger charge is 2.18. The Morgan fingerprint density at radius 3 is 3.00 bits per heavy atom. The Kier molecular flexibility index (Phi) is 3.33. The van der Waals surface area contributed by atoms with Crippen LogP contribution >= 0.6 is 0 Å². The Labute approximate surface area is 93.5 Å². The molecule has 16 heavy (non-hydrogen) atoms. The topological polar surface area (TPSA) is 28.2 Å². The molecular weight excluding hydrogens is 212 g/mol. The summed E-state index contributed by atoms with van der Waals surface area (Å²) < 4.78 is 26.1. The highest BCUT2D eigenvalue weighted by molar-refractivity contribution is 5.39. The molecule has 0 saturated carbocycles. The van der Waals surface area contributed by atoms with Crippen LogP contribution in [0.3, 0.4) is 0 Å². The molecule has 0 spiro atoms. The van der Waals surface area contributed by atoms with Gasteiger partial charge in [0.2, 0.25) is 0 Å². The molecule has 1 aliphatic rings. The van der Waals surface area contributed by atoms with Gasteiger partial charge in [0.05, 0.1) is 6.20 Å². The first-order chi connectivity index (χ1) is 7.66. The molecule has 0 aromatic carbocycles. The maximum Gasteiger partial charge on any atom is 0.168 e. The zero-order valence-corrected chi connectivity index (χ0v) is 9.21. The number of pyridine rings is 1. The zero-order valence-electron chi connectivity index (χ0n) is 9.21. The van der Waals surface area contributed by atoms with Crippen molar-refractivity contribution in [2.75, 3.05) is 25.0 Å². The van der Waals surface area contributed by atoms with Crippen LogP contribution in [0, 0.1) is 11.6 Å². The van der Waals surface area contributed by atoms with Gasteiger partial charge in [-0.2, -0.15) is 0 Å². The molecule has 0 bridgehead atoms. The van der Waals surface area contributed by atoms with Crippen molar-refractivity contribution in [3.63, 3.8) is 0 Å². The molecule has 1 unspecified atom stereocenters. The van der Waals surface area contributed by atoms with Crippen molar-refractivity contribution >= 4 is 5.82 Å². The standard InChI is InChI=1S/C11H15F2N3/c1-16(7-9-3-2-4-14-9)11-10(13)5-8(12)6-15-11/h5-6,9,14H,2-4,7H2,1H3. The van der Waals surface area contributed by atoms with Gasteiger partial charge in [-0.3, -0.25) is 0 Å². The van der Waals surface area contributed by atoms with Crippen LogP contribution in [0.2, 0.25) is 0 Å². The summed E-state index contributed by atoms with van der Waals surface area (Å²) in [7, 11) is 1.77. The van der Waals surface area contributed by atoms with E-state index >= 15 is 0 Å². The molecule has 1 N–H and O–H groups in total. The van der Waals surface area contributed by atoms with Crippen molar-refractivity contribution in [1.82, 2.24) is 10.3 Å². The summed E-state index contributed by atoms with van der Waals surface area (Å²) in [5, 5.41) is 3.32. The van der Waals surface area contributed by atoms with E-state index in [1.165, 1.54) is 0 Å². The first kappa shape index (κ1) is 11.3. The monoisotopic (exact) mass is 227 g/mol. The minimum Gasteiger partial charge on any atom is -0.356 e. The predicted molar refractivity (Wildman–Crippen MR) is 58.4 cm³/mol. The molecule has 88 valence electrons. The third kappa shape index (κ3) is 2.47. The normalized spacial score (nSPS) is 20.1. The number of anilines is 1. The van der Waals surface area contributed by atoms with Crippen molar-refractivity contribution in [2.45, 2.75) is 18.9 Å². The van der Waals surface area contributed by atoms with Gasteiger partial charge in [0.15, 0.2) is 11.6 Å². The molecule has 1 saturated heterocycles. The lowest BCUT2D eigenvalue weighted by molar-refractivity contribution is 0.556. The van der Waals surface area contributed by atoms with Crippen LogP contribution in [0.4, 0.5) is 14.6 Å². The predicted octanol–water partition coefficient (Wildman–Crippen LogP) is 1.55. The van der Waals surface area contributed by atoms with Crippen LogP contribution in [0.5, 0.6) is 0 Å². The first-order valence-electron chi connectivity index (χ1n) is 5.42. The maximum atomic E-state index is 13.4. The number of aromatic nitrogens is 1. The molecule has 2 heterocycles. The van der Waals surface area contributed by atoms with Crippen LogP contribution in [-0.2, 0) is 0 Å². The van der Waals surface area contributed by atoms with Crippen LogP contribution in [0.25, 0.3) is 0 Å². The van der Waals surface area contributed by atoms with Gasteiger partial charge < -0.3 is 10.2 Å². The lowest BCUT2D eigenvalue weighted by Gasteiger charge is -2.22. The Morgan fingerprint density at radius 1 is 1.56 bits per heavy atom. The summed E-state index contributed by atoms with van der Waals surface area (Å²) >= 11 is 0. The van der Waals surface area contributed by atoms with E-state index in [4.69, 9.17) is 0 Å². The van der Waals surface area contributed by atoms with Gasteiger partial charge in [-0.05, 0) is 19.4 Å². The van der Waals surface area contributed by atoms with Crippen molar-refractivity contribution in [3.8, 4) is 0 Å². The summed E-state index contributed by atoms with van der Waals surface area (Å²) in [4.78, 5) is 5.49. The van der Waals surface area contributed by atoms with Gasteiger partial charge in [0.1, 0.15) is 5.82 Å². The van der Waals surface area contributed by atoms with E-state index in [-0.39, 0.29) is 5.82 Å². The molecule has 1 aromatic rings. The van der Waals surface area contributed by atoms with Crippen LogP contribution in [0.15, 0.2) is 12.3 Å². The Balaban J connectivity index is 2.04. The van der Waals surface area contributed by atoms with E-state index in [0.717, 1.165) is 31.6 Å². The Hall–Kier alpha value is -1.23. The van der Waals surface area contributed by atoms with Gasteiger partial charge in [0, 0.05) is 25.7 Å². The van der Waals surface area contributed by atoms with E-state index in [0.29, 0.717) is 12.6 Å². The molecule has 1 aromatic heterocycles. The van der Waals surface area contributed by atoms with Crippen molar-refractivity contribution in [1.29, 1.82) is 0 Å². The van der Waals surface area contributed by atoms with Crippen molar-refractivity contribution in [3.05, 3.63) is 23.9 Å². The second-order valence-electron chi connectivity index (χ2n) is 4.13. The summed E-state index contributed by atoms with van der Waals surface area (Å²) in [6.45, 7) is 1.70. The minimum atomic E-state index is -0.645. The Morgan fingerprint density at radius 2 is 2.38 bits per heavy atom. The van der Waals surface area contributed by atoms with Gasteiger partial charge in [-0.25, -0.2) is 13.8 Å². The van der Waals surface area contributed by atoms with Crippen LogP contribution < -0.4 is 10.2 Å². The average Bonchev–Trinajstić information content (AvgIpc) is 2.70. The largest absolute Gasteiger partial charge is 0.356 e. The number of rotatable bonds is 3. The maximum absolute atomic E-state index is 13.4. The summed E-state index contributed by atoms with van der Waals surface area (Å²) in [5.74, 6) is -1.05. The van der Waals surface area contributed by atoms with E-state index < -0.39 is 11.6 Å². The fourth-order valence-electron chi connectivity index (χ4n) is 2.02. The Bertz CT molecular complexity index is 364. The van der Waals surface area contributed by atoms with E-state index in [1.807, 2.05) is 0 Å². The smallest absolute Gasteiger partial charge is 0.168 e. The zero-order chi connectivity index (χ0) is 11.5. The second-order valence-corrected chi connectivity index (χ2v) is 4.13. The van der Waals surface area contributed by atoms with Gasteiger partial charge in [0.25, 0.3) is 0 Å². The number of halogens is 2. The number of hydrogen-bond acceptors (Lipinski definition) is 3. The van der Waals surface area contributed by atoms with E-state index in [9.17, 15) is 8.78 Å². The highest BCUT2D eigenvalue weighted by Crippen LogP contribution is 2.17. The number of nitrogens with zero attached hydrogens (tertiary/aromatic N) is 2. The second kappa shape index (κ2) is 4.74. The third-order valence-corrected chi connectivity index (χ3v) is 2.81. The third-order valence-electron chi connectivity index (χ3n) is 2.81. The van der Waals surface area contributed by atoms with Crippen molar-refractivity contribution < 1.29 is 8.78 Å². The summed E-state index contributed by atoms with van der Waals surface area (Å²) in [6.07, 6.45) is 3.28. The molecule has 1 aliphatic heterocycles. The summed E-state index contributed by atoms with van der Waals surface area (Å²) in [5.41, 5.74) is 0. The lowest BCUT2D eigenvalue weighted by atomic mass is 10.2.